The number of aromatic nitrogens is 2. The second-order valence-electron chi connectivity index (χ2n) is 3.66. The second-order valence-corrected chi connectivity index (χ2v) is 3.66. The van der Waals surface area contributed by atoms with Crippen molar-refractivity contribution >= 4 is 11.5 Å². The molecule has 2 rings (SSSR count). The van der Waals surface area contributed by atoms with Crippen molar-refractivity contribution in [2.24, 2.45) is 0 Å². The van der Waals surface area contributed by atoms with Gasteiger partial charge in [-0.3, -0.25) is 0 Å². The van der Waals surface area contributed by atoms with E-state index < -0.39 is 0 Å². The van der Waals surface area contributed by atoms with Crippen LogP contribution in [0.25, 0.3) is 0 Å². The summed E-state index contributed by atoms with van der Waals surface area (Å²) in [6.45, 7) is 1.56. The molecule has 0 aromatic carbocycles. The first-order valence-electron chi connectivity index (χ1n) is 4.95. The molecule has 1 aliphatic rings. The lowest BCUT2D eigenvalue weighted by Crippen LogP contribution is -2.25. The van der Waals surface area contributed by atoms with Crippen molar-refractivity contribution in [3.05, 3.63) is 6.20 Å². The Morgan fingerprint density at radius 1 is 1.50 bits per heavy atom. The number of hydrogen-bond acceptors (Lipinski definition) is 4. The zero-order valence-corrected chi connectivity index (χ0v) is 8.15. The summed E-state index contributed by atoms with van der Waals surface area (Å²) in [6, 6.07) is 0. The molecular formula is C9H16N4O. The van der Waals surface area contributed by atoms with E-state index in [1.54, 1.807) is 10.9 Å². The molecule has 2 heterocycles. The molecule has 78 valence electrons. The Bertz CT molecular complexity index is 304. The van der Waals surface area contributed by atoms with Gasteiger partial charge in [-0.25, -0.2) is 4.68 Å². The van der Waals surface area contributed by atoms with Crippen LogP contribution in [-0.4, -0.2) is 22.5 Å². The van der Waals surface area contributed by atoms with E-state index in [2.05, 4.69) is 5.10 Å². The number of ether oxygens (including phenoxy) is 1. The van der Waals surface area contributed by atoms with Crippen molar-refractivity contribution in [2.75, 3.05) is 18.1 Å². The topological polar surface area (TPSA) is 79.1 Å². The van der Waals surface area contributed by atoms with Gasteiger partial charge < -0.3 is 16.2 Å². The minimum atomic E-state index is 0.241. The first kappa shape index (κ1) is 9.33. The van der Waals surface area contributed by atoms with E-state index in [0.29, 0.717) is 18.1 Å². The smallest absolute Gasteiger partial charge is 0.145 e. The fourth-order valence-electron chi connectivity index (χ4n) is 1.70. The highest BCUT2D eigenvalue weighted by Gasteiger charge is 2.16. The Hall–Kier alpha value is -1.23. The molecule has 0 bridgehead atoms. The van der Waals surface area contributed by atoms with E-state index in [9.17, 15) is 0 Å². The zero-order valence-electron chi connectivity index (χ0n) is 8.15. The lowest BCUT2D eigenvalue weighted by molar-refractivity contribution is 0.00438. The van der Waals surface area contributed by atoms with Crippen molar-refractivity contribution in [1.29, 1.82) is 0 Å². The molecule has 1 aliphatic heterocycles. The van der Waals surface area contributed by atoms with E-state index in [-0.39, 0.29) is 6.10 Å². The molecule has 1 aromatic rings. The van der Waals surface area contributed by atoms with Gasteiger partial charge in [-0.1, -0.05) is 0 Å². The molecule has 5 nitrogen and oxygen atoms in total. The first-order chi connectivity index (χ1) is 6.77. The minimum Gasteiger partial charge on any atom is -0.394 e. The summed E-state index contributed by atoms with van der Waals surface area (Å²) in [4.78, 5) is 0. The molecule has 5 heteroatoms. The largest absolute Gasteiger partial charge is 0.394 e. The summed E-state index contributed by atoms with van der Waals surface area (Å²) < 4.78 is 7.30. The average molecular weight is 196 g/mol. The molecule has 1 fully saturated rings. The number of anilines is 2. The third kappa shape index (κ3) is 1.82. The van der Waals surface area contributed by atoms with Gasteiger partial charge in [0.1, 0.15) is 5.82 Å². The summed E-state index contributed by atoms with van der Waals surface area (Å²) in [5.74, 6) is 0.541. The predicted molar refractivity (Wildman–Crippen MR) is 54.6 cm³/mol. The lowest BCUT2D eigenvalue weighted by atomic mass is 10.1. The Balaban J connectivity index is 1.99. The number of rotatable bonds is 2. The van der Waals surface area contributed by atoms with Gasteiger partial charge in [0.2, 0.25) is 0 Å². The van der Waals surface area contributed by atoms with E-state index >= 15 is 0 Å². The highest BCUT2D eigenvalue weighted by Crippen LogP contribution is 2.18. The quantitative estimate of drug-likeness (QED) is 0.726. The minimum absolute atomic E-state index is 0.241. The fourth-order valence-corrected chi connectivity index (χ4v) is 1.70. The summed E-state index contributed by atoms with van der Waals surface area (Å²) in [5.41, 5.74) is 11.9. The van der Waals surface area contributed by atoms with Crippen LogP contribution in [0.2, 0.25) is 0 Å². The number of nitrogens with two attached hydrogens (primary N) is 2. The molecule has 0 spiro atoms. The summed E-state index contributed by atoms with van der Waals surface area (Å²) in [6.07, 6.45) is 5.29. The summed E-state index contributed by atoms with van der Waals surface area (Å²) >= 11 is 0. The molecule has 1 atom stereocenters. The van der Waals surface area contributed by atoms with Gasteiger partial charge in [-0.2, -0.15) is 5.10 Å². The number of nitrogen functional groups attached to an aromatic ring is 2. The SMILES string of the molecule is Nc1cnn(CC2CCCCO2)c1N. The van der Waals surface area contributed by atoms with Crippen LogP contribution >= 0.6 is 0 Å². The monoisotopic (exact) mass is 196 g/mol. The second kappa shape index (κ2) is 3.88. The molecule has 4 N–H and O–H groups in total. The standard InChI is InChI=1S/C9H16N4O/c10-8-5-12-13(9(8)11)6-7-3-1-2-4-14-7/h5,7H,1-4,6,10-11H2. The van der Waals surface area contributed by atoms with Crippen LogP contribution in [0.1, 0.15) is 19.3 Å². The molecule has 0 radical (unpaired) electrons. The molecule has 1 saturated heterocycles. The van der Waals surface area contributed by atoms with E-state index in [1.165, 1.54) is 6.42 Å². The van der Waals surface area contributed by atoms with Crippen LogP contribution in [0.3, 0.4) is 0 Å². The van der Waals surface area contributed by atoms with Crippen molar-refractivity contribution in [3.8, 4) is 0 Å². The third-order valence-corrected chi connectivity index (χ3v) is 2.56. The van der Waals surface area contributed by atoms with Gasteiger partial charge in [0.15, 0.2) is 0 Å². The van der Waals surface area contributed by atoms with Gasteiger partial charge in [-0.15, -0.1) is 0 Å². The van der Waals surface area contributed by atoms with Crippen LogP contribution in [0.15, 0.2) is 6.20 Å². The molecule has 14 heavy (non-hydrogen) atoms. The van der Waals surface area contributed by atoms with Crippen molar-refractivity contribution in [3.63, 3.8) is 0 Å². The maximum atomic E-state index is 5.74. The highest BCUT2D eigenvalue weighted by atomic mass is 16.5. The molecule has 0 aliphatic carbocycles. The Labute approximate surface area is 83.0 Å². The van der Waals surface area contributed by atoms with Crippen LogP contribution in [0.4, 0.5) is 11.5 Å². The van der Waals surface area contributed by atoms with Crippen molar-refractivity contribution < 1.29 is 4.74 Å². The fraction of sp³-hybridized carbons (Fsp3) is 0.667. The number of hydrogen-bond donors (Lipinski definition) is 2. The van der Waals surface area contributed by atoms with E-state index in [0.717, 1.165) is 19.4 Å². The van der Waals surface area contributed by atoms with Crippen LogP contribution in [0.5, 0.6) is 0 Å². The Morgan fingerprint density at radius 2 is 2.36 bits per heavy atom. The summed E-state index contributed by atoms with van der Waals surface area (Å²) in [7, 11) is 0. The Morgan fingerprint density at radius 3 is 2.93 bits per heavy atom. The predicted octanol–water partition coefficient (Wildman–Crippen LogP) is 0.617. The van der Waals surface area contributed by atoms with Gasteiger partial charge >= 0.3 is 0 Å². The van der Waals surface area contributed by atoms with Crippen LogP contribution < -0.4 is 11.5 Å². The maximum Gasteiger partial charge on any atom is 0.145 e. The Kier molecular flexibility index (Phi) is 2.58. The van der Waals surface area contributed by atoms with Gasteiger partial charge in [0.25, 0.3) is 0 Å². The molecule has 0 amide bonds. The number of nitrogens with zero attached hydrogens (tertiary/aromatic N) is 2. The summed E-state index contributed by atoms with van der Waals surface area (Å²) in [5, 5.41) is 4.10. The van der Waals surface area contributed by atoms with E-state index in [4.69, 9.17) is 16.2 Å². The van der Waals surface area contributed by atoms with Gasteiger partial charge in [-0.05, 0) is 19.3 Å². The molecule has 0 saturated carbocycles. The van der Waals surface area contributed by atoms with Gasteiger partial charge in [0, 0.05) is 6.61 Å². The normalized spacial score (nSPS) is 22.4. The van der Waals surface area contributed by atoms with Crippen molar-refractivity contribution in [1.82, 2.24) is 9.78 Å². The van der Waals surface area contributed by atoms with Crippen LogP contribution in [0, 0.1) is 0 Å². The maximum absolute atomic E-state index is 5.74. The molecular weight excluding hydrogens is 180 g/mol. The van der Waals surface area contributed by atoms with E-state index in [1.807, 2.05) is 0 Å². The molecule has 1 aromatic heterocycles. The lowest BCUT2D eigenvalue weighted by Gasteiger charge is -2.22. The van der Waals surface area contributed by atoms with Crippen LogP contribution in [-0.2, 0) is 11.3 Å². The van der Waals surface area contributed by atoms with Gasteiger partial charge in [0.05, 0.1) is 24.5 Å². The zero-order chi connectivity index (χ0) is 9.97. The third-order valence-electron chi connectivity index (χ3n) is 2.56. The molecule has 1 unspecified atom stereocenters. The first-order valence-corrected chi connectivity index (χ1v) is 4.95. The average Bonchev–Trinajstić information content (AvgIpc) is 2.52. The highest BCUT2D eigenvalue weighted by molar-refractivity contribution is 5.56. The van der Waals surface area contributed by atoms with Crippen molar-refractivity contribution in [2.45, 2.75) is 31.9 Å².